The Kier molecular flexibility index (Phi) is 4.88. The molecule has 1 heterocycles. The highest BCUT2D eigenvalue weighted by Crippen LogP contribution is 2.28. The van der Waals surface area contributed by atoms with Gasteiger partial charge in [0.2, 0.25) is 5.89 Å². The van der Waals surface area contributed by atoms with E-state index in [1.54, 1.807) is 12.1 Å². The number of anilines is 2. The fourth-order valence-corrected chi connectivity index (χ4v) is 3.34. The normalized spacial score (nSPS) is 10.8. The first-order valence-electron chi connectivity index (χ1n) is 8.75. The van der Waals surface area contributed by atoms with E-state index in [-0.39, 0.29) is 5.91 Å². The van der Waals surface area contributed by atoms with Crippen LogP contribution in [0.3, 0.4) is 0 Å². The molecule has 6 heteroatoms. The van der Waals surface area contributed by atoms with Crippen molar-refractivity contribution in [2.45, 2.75) is 0 Å². The number of oxazole rings is 1. The van der Waals surface area contributed by atoms with Crippen molar-refractivity contribution < 1.29 is 9.21 Å². The van der Waals surface area contributed by atoms with Crippen LogP contribution in [0.25, 0.3) is 22.6 Å². The maximum atomic E-state index is 12.5. The lowest BCUT2D eigenvalue weighted by molar-refractivity contribution is 0.102. The first kappa shape index (κ1) is 18.3. The van der Waals surface area contributed by atoms with Crippen LogP contribution in [-0.2, 0) is 0 Å². The molecule has 0 fully saturated rings. The highest BCUT2D eigenvalue weighted by Gasteiger charge is 2.12. The van der Waals surface area contributed by atoms with Gasteiger partial charge in [-0.15, -0.1) is 0 Å². The summed E-state index contributed by atoms with van der Waals surface area (Å²) in [6.45, 7) is 0. The van der Waals surface area contributed by atoms with Crippen LogP contribution < -0.4 is 10.2 Å². The first-order chi connectivity index (χ1) is 13.5. The van der Waals surface area contributed by atoms with E-state index in [0.29, 0.717) is 28.2 Å². The Morgan fingerprint density at radius 2 is 1.79 bits per heavy atom. The van der Waals surface area contributed by atoms with Crippen LogP contribution >= 0.6 is 15.9 Å². The molecule has 28 heavy (non-hydrogen) atoms. The molecule has 0 spiro atoms. The molecule has 0 bridgehead atoms. The smallest absolute Gasteiger partial charge is 0.256 e. The number of amides is 1. The van der Waals surface area contributed by atoms with Crippen LogP contribution in [0.15, 0.2) is 75.6 Å². The third-order valence-electron chi connectivity index (χ3n) is 4.39. The van der Waals surface area contributed by atoms with E-state index in [0.717, 1.165) is 15.7 Å². The number of fused-ring (bicyclic) bond motifs is 1. The topological polar surface area (TPSA) is 58.4 Å². The Morgan fingerprint density at radius 3 is 2.50 bits per heavy atom. The number of carbonyl (C=O) groups excluding carboxylic acids is 1. The minimum absolute atomic E-state index is 0.185. The van der Waals surface area contributed by atoms with Crippen LogP contribution in [-0.4, -0.2) is 25.0 Å². The molecule has 1 amide bonds. The van der Waals surface area contributed by atoms with Gasteiger partial charge in [0.25, 0.3) is 5.91 Å². The summed E-state index contributed by atoms with van der Waals surface area (Å²) in [6, 6.07) is 20.7. The molecule has 0 aliphatic heterocycles. The molecule has 140 valence electrons. The van der Waals surface area contributed by atoms with Crippen molar-refractivity contribution in [3.05, 3.63) is 76.8 Å². The Bertz CT molecular complexity index is 1150. The van der Waals surface area contributed by atoms with E-state index >= 15 is 0 Å². The number of benzene rings is 3. The fraction of sp³-hybridized carbons (Fsp3) is 0.0909. The summed E-state index contributed by atoms with van der Waals surface area (Å²) in [5.41, 5.74) is 4.61. The minimum atomic E-state index is -0.185. The van der Waals surface area contributed by atoms with Crippen molar-refractivity contribution in [3.8, 4) is 11.5 Å². The Morgan fingerprint density at radius 1 is 1.04 bits per heavy atom. The van der Waals surface area contributed by atoms with Crippen LogP contribution in [0, 0.1) is 0 Å². The van der Waals surface area contributed by atoms with E-state index in [1.807, 2.05) is 73.6 Å². The lowest BCUT2D eigenvalue weighted by Crippen LogP contribution is -2.12. The lowest BCUT2D eigenvalue weighted by Gasteiger charge is -2.11. The number of nitrogens with one attached hydrogen (secondary N) is 1. The predicted molar refractivity (Wildman–Crippen MR) is 116 cm³/mol. The van der Waals surface area contributed by atoms with Crippen molar-refractivity contribution in [1.82, 2.24) is 4.98 Å². The minimum Gasteiger partial charge on any atom is -0.436 e. The molecular formula is C22H18BrN3O2. The number of aromatic nitrogens is 1. The first-order valence-corrected chi connectivity index (χ1v) is 9.55. The van der Waals surface area contributed by atoms with Gasteiger partial charge in [-0.05, 0) is 70.5 Å². The van der Waals surface area contributed by atoms with Gasteiger partial charge >= 0.3 is 0 Å². The van der Waals surface area contributed by atoms with E-state index in [2.05, 4.69) is 26.2 Å². The van der Waals surface area contributed by atoms with E-state index in [4.69, 9.17) is 4.42 Å². The van der Waals surface area contributed by atoms with Crippen LogP contribution in [0.1, 0.15) is 10.4 Å². The van der Waals surface area contributed by atoms with Crippen LogP contribution in [0.4, 0.5) is 11.4 Å². The summed E-state index contributed by atoms with van der Waals surface area (Å²) in [5, 5.41) is 2.90. The summed E-state index contributed by atoms with van der Waals surface area (Å²) in [6.07, 6.45) is 0. The third kappa shape index (κ3) is 3.64. The van der Waals surface area contributed by atoms with Crippen molar-refractivity contribution >= 4 is 44.3 Å². The van der Waals surface area contributed by atoms with Gasteiger partial charge < -0.3 is 14.6 Å². The number of nitrogens with zero attached hydrogens (tertiary/aromatic N) is 2. The van der Waals surface area contributed by atoms with Gasteiger partial charge in [0, 0.05) is 35.5 Å². The second-order valence-electron chi connectivity index (χ2n) is 6.58. The average molecular weight is 436 g/mol. The molecule has 0 radical (unpaired) electrons. The van der Waals surface area contributed by atoms with Crippen molar-refractivity contribution in [1.29, 1.82) is 0 Å². The van der Waals surface area contributed by atoms with Crippen molar-refractivity contribution in [2.24, 2.45) is 0 Å². The zero-order valence-electron chi connectivity index (χ0n) is 15.4. The summed E-state index contributed by atoms with van der Waals surface area (Å²) >= 11 is 3.40. The number of halogens is 1. The van der Waals surface area contributed by atoms with Gasteiger partial charge in [-0.3, -0.25) is 4.79 Å². The van der Waals surface area contributed by atoms with Gasteiger partial charge in [0.05, 0.1) is 5.56 Å². The van der Waals surface area contributed by atoms with Gasteiger partial charge in [-0.25, -0.2) is 4.98 Å². The molecule has 3 aromatic carbocycles. The average Bonchev–Trinajstić information content (AvgIpc) is 3.11. The molecule has 0 saturated heterocycles. The number of hydrogen-bond acceptors (Lipinski definition) is 4. The molecule has 1 N–H and O–H groups in total. The van der Waals surface area contributed by atoms with E-state index < -0.39 is 0 Å². The molecule has 0 atom stereocenters. The number of rotatable bonds is 4. The maximum absolute atomic E-state index is 12.5. The summed E-state index contributed by atoms with van der Waals surface area (Å²) < 4.78 is 6.62. The standard InChI is InChI=1S/C22H18BrN3O2/c1-26(2)16-10-7-14(8-11-16)22-25-19-13-15(9-12-20(19)28-22)24-21(27)17-5-3-4-6-18(17)23/h3-13H,1-2H3,(H,24,27). The Balaban J connectivity index is 1.60. The molecule has 0 aliphatic rings. The monoisotopic (exact) mass is 435 g/mol. The lowest BCUT2D eigenvalue weighted by atomic mass is 10.2. The zero-order chi connectivity index (χ0) is 19.7. The molecule has 0 aliphatic carbocycles. The Hall–Kier alpha value is -3.12. The maximum Gasteiger partial charge on any atom is 0.256 e. The number of carbonyl (C=O) groups is 1. The van der Waals surface area contributed by atoms with Crippen LogP contribution in [0.2, 0.25) is 0 Å². The molecular weight excluding hydrogens is 418 g/mol. The molecule has 1 aromatic heterocycles. The zero-order valence-corrected chi connectivity index (χ0v) is 17.0. The molecule has 5 nitrogen and oxygen atoms in total. The highest BCUT2D eigenvalue weighted by molar-refractivity contribution is 9.10. The van der Waals surface area contributed by atoms with Crippen LogP contribution in [0.5, 0.6) is 0 Å². The molecule has 4 rings (SSSR count). The SMILES string of the molecule is CN(C)c1ccc(-c2nc3cc(NC(=O)c4ccccc4Br)ccc3o2)cc1. The van der Waals surface area contributed by atoms with E-state index in [9.17, 15) is 4.79 Å². The van der Waals surface area contributed by atoms with Gasteiger partial charge in [-0.2, -0.15) is 0 Å². The van der Waals surface area contributed by atoms with Crippen molar-refractivity contribution in [3.63, 3.8) is 0 Å². The van der Waals surface area contributed by atoms with Gasteiger partial charge in [0.1, 0.15) is 5.52 Å². The summed E-state index contributed by atoms with van der Waals surface area (Å²) in [5.74, 6) is 0.365. The van der Waals surface area contributed by atoms with Gasteiger partial charge in [0.15, 0.2) is 5.58 Å². The predicted octanol–water partition coefficient (Wildman–Crippen LogP) is 5.58. The molecule has 4 aromatic rings. The highest BCUT2D eigenvalue weighted by atomic mass is 79.9. The molecule has 0 unspecified atom stereocenters. The summed E-state index contributed by atoms with van der Waals surface area (Å²) in [4.78, 5) is 19.1. The van der Waals surface area contributed by atoms with E-state index in [1.165, 1.54) is 0 Å². The molecule has 0 saturated carbocycles. The van der Waals surface area contributed by atoms with Crippen molar-refractivity contribution in [2.75, 3.05) is 24.3 Å². The third-order valence-corrected chi connectivity index (χ3v) is 5.09. The second-order valence-corrected chi connectivity index (χ2v) is 7.43. The largest absolute Gasteiger partial charge is 0.436 e. The second kappa shape index (κ2) is 7.48. The summed E-state index contributed by atoms with van der Waals surface area (Å²) in [7, 11) is 4.00. The quantitative estimate of drug-likeness (QED) is 0.454. The number of hydrogen-bond donors (Lipinski definition) is 1. The Labute approximate surface area is 171 Å². The van der Waals surface area contributed by atoms with Gasteiger partial charge in [-0.1, -0.05) is 12.1 Å². The fourth-order valence-electron chi connectivity index (χ4n) is 2.87.